The first-order valence-electron chi connectivity index (χ1n) is 10.0. The minimum absolute atomic E-state index is 0.0580. The normalized spacial score (nSPS) is 22.0. The maximum Gasteiger partial charge on any atom is 0.280 e. The third-order valence-electron chi connectivity index (χ3n) is 5.65. The number of nitrogens with zero attached hydrogens (tertiary/aromatic N) is 2. The zero-order valence-corrected chi connectivity index (χ0v) is 18.0. The van der Waals surface area contributed by atoms with E-state index in [0.717, 1.165) is 50.9 Å². The Kier molecular flexibility index (Phi) is 6.18. The van der Waals surface area contributed by atoms with Crippen molar-refractivity contribution >= 4 is 40.4 Å². The van der Waals surface area contributed by atoms with Gasteiger partial charge in [0, 0.05) is 41.1 Å². The number of hydrogen-bond acceptors (Lipinski definition) is 5. The van der Waals surface area contributed by atoms with Crippen LogP contribution in [0.5, 0.6) is 0 Å². The van der Waals surface area contributed by atoms with Gasteiger partial charge in [-0.25, -0.2) is 4.98 Å². The van der Waals surface area contributed by atoms with Crippen LogP contribution in [0.15, 0.2) is 24.3 Å². The molecule has 4 rings (SSSR count). The fraction of sp³-hybridized carbons (Fsp3) is 0.476. The summed E-state index contributed by atoms with van der Waals surface area (Å²) in [4.78, 5) is 33.7. The molecule has 0 saturated heterocycles. The second-order valence-electron chi connectivity index (χ2n) is 7.84. The first-order valence-corrected chi connectivity index (χ1v) is 11.2. The summed E-state index contributed by atoms with van der Waals surface area (Å²) >= 11 is 7.38. The first kappa shape index (κ1) is 20.3. The molecule has 1 aliphatic carbocycles. The molecule has 6 nitrogen and oxygen atoms in total. The van der Waals surface area contributed by atoms with E-state index < -0.39 is 0 Å². The lowest BCUT2D eigenvalue weighted by molar-refractivity contribution is -0.121. The Morgan fingerprint density at radius 2 is 1.97 bits per heavy atom. The van der Waals surface area contributed by atoms with Crippen molar-refractivity contribution in [1.29, 1.82) is 0 Å². The van der Waals surface area contributed by atoms with Crippen LogP contribution in [-0.2, 0) is 17.8 Å². The summed E-state index contributed by atoms with van der Waals surface area (Å²) in [6.07, 6.45) is 4.45. The van der Waals surface area contributed by atoms with E-state index in [1.165, 1.54) is 16.2 Å². The smallest absolute Gasteiger partial charge is 0.280 e. The number of nitrogens with one attached hydrogen (secondary N) is 2. The number of anilines is 1. The van der Waals surface area contributed by atoms with Crippen molar-refractivity contribution < 1.29 is 9.59 Å². The Labute approximate surface area is 179 Å². The van der Waals surface area contributed by atoms with Gasteiger partial charge in [0.1, 0.15) is 0 Å². The van der Waals surface area contributed by atoms with Crippen LogP contribution in [0.25, 0.3) is 0 Å². The lowest BCUT2D eigenvalue weighted by Gasteiger charge is -2.31. The summed E-state index contributed by atoms with van der Waals surface area (Å²) in [5.74, 6) is -0.468. The molecule has 8 heteroatoms. The second-order valence-corrected chi connectivity index (χ2v) is 9.36. The number of aromatic nitrogens is 1. The van der Waals surface area contributed by atoms with Gasteiger partial charge in [-0.05, 0) is 44.2 Å². The van der Waals surface area contributed by atoms with Crippen molar-refractivity contribution in [3.63, 3.8) is 0 Å². The van der Waals surface area contributed by atoms with Crippen LogP contribution in [0.1, 0.15) is 46.1 Å². The van der Waals surface area contributed by atoms with E-state index in [-0.39, 0.29) is 23.8 Å². The Morgan fingerprint density at radius 3 is 2.76 bits per heavy atom. The first-order chi connectivity index (χ1) is 14.0. The van der Waals surface area contributed by atoms with Crippen LogP contribution in [0.2, 0.25) is 5.02 Å². The zero-order chi connectivity index (χ0) is 20.4. The third-order valence-corrected chi connectivity index (χ3v) is 6.98. The van der Waals surface area contributed by atoms with Gasteiger partial charge in [0.25, 0.3) is 5.91 Å². The summed E-state index contributed by atoms with van der Waals surface area (Å²) < 4.78 is 0. The van der Waals surface area contributed by atoms with Gasteiger partial charge in [-0.1, -0.05) is 24.4 Å². The predicted octanol–water partition coefficient (Wildman–Crippen LogP) is 3.71. The average molecular weight is 433 g/mol. The fourth-order valence-corrected chi connectivity index (χ4v) is 5.25. The van der Waals surface area contributed by atoms with E-state index in [0.29, 0.717) is 15.7 Å². The highest BCUT2D eigenvalue weighted by atomic mass is 35.5. The highest BCUT2D eigenvalue weighted by Crippen LogP contribution is 2.28. The van der Waals surface area contributed by atoms with E-state index in [1.807, 2.05) is 0 Å². The van der Waals surface area contributed by atoms with Crippen molar-refractivity contribution in [2.75, 3.05) is 18.9 Å². The topological polar surface area (TPSA) is 74.3 Å². The average Bonchev–Trinajstić information content (AvgIpc) is 3.13. The molecule has 2 aromatic rings. The molecular weight excluding hydrogens is 408 g/mol. The number of likely N-dealkylation sites (N-methyl/N-ethyl adjacent to an activating group) is 1. The fourth-order valence-electron chi connectivity index (χ4n) is 4.04. The standard InChI is InChI=1S/C21H25ClN4O2S/c1-26-11-10-17-18(12-26)29-21(25-17)20(28)24-16-5-3-2-4-15(16)19(27)23-14-8-6-13(22)7-9-14/h6-9,15-16H,2-5,10-12H2,1H3,(H,23,27)(H,24,28)/t15-,16-/m1/s1. The maximum atomic E-state index is 12.9. The molecule has 1 aromatic carbocycles. The number of rotatable bonds is 4. The minimum atomic E-state index is -0.246. The van der Waals surface area contributed by atoms with Gasteiger partial charge in [-0.3, -0.25) is 9.59 Å². The number of fused-ring (bicyclic) bond motifs is 1. The number of halogens is 1. The Hall–Kier alpha value is -1.96. The quantitative estimate of drug-likeness (QED) is 0.772. The van der Waals surface area contributed by atoms with Crippen molar-refractivity contribution in [3.8, 4) is 0 Å². The zero-order valence-electron chi connectivity index (χ0n) is 16.4. The molecule has 1 aliphatic heterocycles. The van der Waals surface area contributed by atoms with Crippen molar-refractivity contribution in [3.05, 3.63) is 44.9 Å². The molecule has 2 amide bonds. The van der Waals surface area contributed by atoms with Gasteiger partial charge in [-0.2, -0.15) is 0 Å². The van der Waals surface area contributed by atoms with Crippen molar-refractivity contribution in [2.45, 2.75) is 44.7 Å². The third kappa shape index (κ3) is 4.79. The Morgan fingerprint density at radius 1 is 1.21 bits per heavy atom. The molecule has 1 fully saturated rings. The number of carbonyl (C=O) groups excluding carboxylic acids is 2. The van der Waals surface area contributed by atoms with Crippen LogP contribution in [0.4, 0.5) is 5.69 Å². The molecule has 154 valence electrons. The summed E-state index contributed by atoms with van der Waals surface area (Å²) in [5.41, 5.74) is 1.76. The Bertz CT molecular complexity index is 899. The number of benzene rings is 1. The highest BCUT2D eigenvalue weighted by Gasteiger charge is 2.33. The van der Waals surface area contributed by atoms with Crippen LogP contribution in [0.3, 0.4) is 0 Å². The minimum Gasteiger partial charge on any atom is -0.346 e. The molecule has 2 heterocycles. The van der Waals surface area contributed by atoms with E-state index in [1.54, 1.807) is 24.3 Å². The highest BCUT2D eigenvalue weighted by molar-refractivity contribution is 7.13. The largest absolute Gasteiger partial charge is 0.346 e. The van der Waals surface area contributed by atoms with E-state index in [4.69, 9.17) is 11.6 Å². The molecule has 0 unspecified atom stereocenters. The summed E-state index contributed by atoms with van der Waals surface area (Å²) in [7, 11) is 2.08. The van der Waals surface area contributed by atoms with Crippen LogP contribution in [-0.4, -0.2) is 41.3 Å². The molecule has 29 heavy (non-hydrogen) atoms. The van der Waals surface area contributed by atoms with Gasteiger partial charge in [-0.15, -0.1) is 11.3 Å². The molecule has 0 bridgehead atoms. The molecule has 2 atom stereocenters. The molecule has 2 N–H and O–H groups in total. The molecule has 0 spiro atoms. The van der Waals surface area contributed by atoms with Crippen LogP contribution < -0.4 is 10.6 Å². The van der Waals surface area contributed by atoms with Crippen LogP contribution >= 0.6 is 22.9 Å². The van der Waals surface area contributed by atoms with Crippen molar-refractivity contribution in [2.24, 2.45) is 5.92 Å². The summed E-state index contributed by atoms with van der Waals surface area (Å²) in [6, 6.07) is 6.89. The van der Waals surface area contributed by atoms with E-state index >= 15 is 0 Å². The lowest BCUT2D eigenvalue weighted by atomic mass is 9.83. The molecule has 2 aliphatic rings. The number of hydrogen-bond donors (Lipinski definition) is 2. The maximum absolute atomic E-state index is 12.9. The van der Waals surface area contributed by atoms with Crippen molar-refractivity contribution in [1.82, 2.24) is 15.2 Å². The Balaban J connectivity index is 1.42. The van der Waals surface area contributed by atoms with Gasteiger partial charge < -0.3 is 15.5 Å². The predicted molar refractivity (Wildman–Crippen MR) is 115 cm³/mol. The summed E-state index contributed by atoms with van der Waals surface area (Å²) in [5, 5.41) is 7.19. The number of amides is 2. The van der Waals surface area contributed by atoms with Crippen LogP contribution in [0, 0.1) is 5.92 Å². The van der Waals surface area contributed by atoms with Gasteiger partial charge >= 0.3 is 0 Å². The second kappa shape index (κ2) is 8.81. The lowest BCUT2D eigenvalue weighted by Crippen LogP contribution is -2.46. The molecule has 1 saturated carbocycles. The molecule has 0 radical (unpaired) electrons. The SMILES string of the molecule is CN1CCc2nc(C(=O)N[C@@H]3CCCC[C@H]3C(=O)Nc3ccc(Cl)cc3)sc2C1. The van der Waals surface area contributed by atoms with Gasteiger partial charge in [0.2, 0.25) is 5.91 Å². The monoisotopic (exact) mass is 432 g/mol. The molecule has 1 aromatic heterocycles. The van der Waals surface area contributed by atoms with Gasteiger partial charge in [0.15, 0.2) is 5.01 Å². The number of thiazole rings is 1. The molecular formula is C21H25ClN4O2S. The number of carbonyl (C=O) groups is 2. The van der Waals surface area contributed by atoms with E-state index in [9.17, 15) is 9.59 Å². The summed E-state index contributed by atoms with van der Waals surface area (Å²) in [6.45, 7) is 1.81. The van der Waals surface area contributed by atoms with Gasteiger partial charge in [0.05, 0.1) is 11.6 Å². The van der Waals surface area contributed by atoms with E-state index in [2.05, 4.69) is 27.6 Å².